The van der Waals surface area contributed by atoms with Crippen LogP contribution < -0.4 is 16.0 Å². The summed E-state index contributed by atoms with van der Waals surface area (Å²) in [5, 5.41) is 0. The molecule has 0 saturated heterocycles. The normalized spacial score (nSPS) is 12.5. The van der Waals surface area contributed by atoms with E-state index in [2.05, 4.69) is 43.1 Å². The second-order valence-corrected chi connectivity index (χ2v) is 5.47. The van der Waals surface area contributed by atoms with Gasteiger partial charge in [-0.1, -0.05) is 47.0 Å². The zero-order chi connectivity index (χ0) is 15.0. The van der Waals surface area contributed by atoms with Gasteiger partial charge in [0, 0.05) is 0 Å². The first kappa shape index (κ1) is 16.7. The lowest BCUT2D eigenvalue weighted by Crippen LogP contribution is -2.16. The van der Waals surface area contributed by atoms with Crippen LogP contribution in [0.1, 0.15) is 64.9 Å². The van der Waals surface area contributed by atoms with Crippen molar-refractivity contribution >= 4 is 5.82 Å². The Hall–Kier alpha value is -1.36. The van der Waals surface area contributed by atoms with Crippen LogP contribution in [0.5, 0.6) is 5.88 Å². The number of nitrogens with zero attached hydrogens (tertiary/aromatic N) is 2. The van der Waals surface area contributed by atoms with Crippen molar-refractivity contribution in [2.75, 3.05) is 12.0 Å². The molecule has 1 unspecified atom stereocenters. The molecule has 0 spiro atoms. The molecule has 0 aromatic carbocycles. The van der Waals surface area contributed by atoms with Crippen molar-refractivity contribution in [3.63, 3.8) is 0 Å². The molecule has 5 heteroatoms. The quantitative estimate of drug-likeness (QED) is 0.535. The van der Waals surface area contributed by atoms with Gasteiger partial charge in [-0.15, -0.1) is 0 Å². The predicted octanol–water partition coefficient (Wildman–Crippen LogP) is 3.48. The Balaban J connectivity index is 2.76. The third-order valence-electron chi connectivity index (χ3n) is 3.56. The molecule has 20 heavy (non-hydrogen) atoms. The number of ether oxygens (including phenoxy) is 1. The summed E-state index contributed by atoms with van der Waals surface area (Å²) < 4.78 is 5.94. The van der Waals surface area contributed by atoms with Crippen molar-refractivity contribution in [1.29, 1.82) is 0 Å². The van der Waals surface area contributed by atoms with E-state index in [0.29, 0.717) is 24.2 Å². The van der Waals surface area contributed by atoms with E-state index in [1.807, 2.05) is 0 Å². The minimum atomic E-state index is 0.257. The molecule has 0 fully saturated rings. The number of hydrogen-bond acceptors (Lipinski definition) is 5. The number of nitrogen functional groups attached to an aromatic ring is 1. The Bertz CT molecular complexity index is 395. The molecule has 0 aliphatic heterocycles. The maximum absolute atomic E-state index is 5.94. The van der Waals surface area contributed by atoms with E-state index in [9.17, 15) is 0 Å². The largest absolute Gasteiger partial charge is 0.477 e. The van der Waals surface area contributed by atoms with Crippen molar-refractivity contribution in [1.82, 2.24) is 9.97 Å². The Morgan fingerprint density at radius 3 is 2.60 bits per heavy atom. The monoisotopic (exact) mass is 280 g/mol. The van der Waals surface area contributed by atoms with Crippen LogP contribution >= 0.6 is 0 Å². The van der Waals surface area contributed by atoms with E-state index in [-0.39, 0.29) is 5.92 Å². The minimum absolute atomic E-state index is 0.257. The number of nitrogens with one attached hydrogen (secondary N) is 1. The van der Waals surface area contributed by atoms with E-state index in [0.717, 1.165) is 12.0 Å². The van der Waals surface area contributed by atoms with Crippen molar-refractivity contribution in [2.45, 2.75) is 59.3 Å². The van der Waals surface area contributed by atoms with E-state index in [1.54, 1.807) is 0 Å². The Labute approximate surface area is 122 Å². The first-order valence-corrected chi connectivity index (χ1v) is 7.58. The molecule has 1 rings (SSSR count). The highest BCUT2D eigenvalue weighted by atomic mass is 16.5. The van der Waals surface area contributed by atoms with Gasteiger partial charge in [-0.3, -0.25) is 0 Å². The lowest BCUT2D eigenvalue weighted by atomic mass is 10.0. The van der Waals surface area contributed by atoms with Crippen LogP contribution in [-0.2, 0) is 0 Å². The van der Waals surface area contributed by atoms with Gasteiger partial charge in [0.2, 0.25) is 5.88 Å². The van der Waals surface area contributed by atoms with Crippen LogP contribution in [0.4, 0.5) is 5.82 Å². The molecule has 0 aliphatic carbocycles. The van der Waals surface area contributed by atoms with Crippen molar-refractivity contribution in [3.8, 4) is 5.88 Å². The van der Waals surface area contributed by atoms with Gasteiger partial charge in [0.25, 0.3) is 0 Å². The molecular weight excluding hydrogens is 252 g/mol. The highest BCUT2D eigenvalue weighted by Gasteiger charge is 2.17. The second-order valence-electron chi connectivity index (χ2n) is 5.47. The zero-order valence-electron chi connectivity index (χ0n) is 13.1. The third-order valence-corrected chi connectivity index (χ3v) is 3.56. The summed E-state index contributed by atoms with van der Waals surface area (Å²) in [6, 6.07) is 0. The van der Waals surface area contributed by atoms with Gasteiger partial charge in [0.05, 0.1) is 12.2 Å². The summed E-state index contributed by atoms with van der Waals surface area (Å²) in [4.78, 5) is 8.41. The topological polar surface area (TPSA) is 73.1 Å². The summed E-state index contributed by atoms with van der Waals surface area (Å²) in [7, 11) is 0. The fourth-order valence-corrected chi connectivity index (χ4v) is 2.22. The summed E-state index contributed by atoms with van der Waals surface area (Å²) in [6.45, 7) is 9.30. The van der Waals surface area contributed by atoms with Crippen molar-refractivity contribution in [3.05, 3.63) is 11.9 Å². The number of unbranched alkanes of at least 4 members (excludes halogenated alkanes) is 1. The molecule has 1 aromatic heterocycles. The van der Waals surface area contributed by atoms with Gasteiger partial charge in [-0.2, -0.15) is 0 Å². The van der Waals surface area contributed by atoms with Crippen LogP contribution in [-0.4, -0.2) is 16.6 Å². The van der Waals surface area contributed by atoms with Gasteiger partial charge in [0.15, 0.2) is 5.82 Å². The van der Waals surface area contributed by atoms with Crippen LogP contribution in [0.25, 0.3) is 0 Å². The lowest BCUT2D eigenvalue weighted by molar-refractivity contribution is 0.223. The molecule has 0 saturated carbocycles. The third kappa shape index (κ3) is 4.63. The molecule has 5 nitrogen and oxygen atoms in total. The van der Waals surface area contributed by atoms with Crippen LogP contribution in [0.15, 0.2) is 6.33 Å². The lowest BCUT2D eigenvalue weighted by Gasteiger charge is -2.19. The maximum Gasteiger partial charge on any atom is 0.222 e. The predicted molar refractivity (Wildman–Crippen MR) is 82.7 cm³/mol. The van der Waals surface area contributed by atoms with Gasteiger partial charge >= 0.3 is 0 Å². The molecule has 1 heterocycles. The Morgan fingerprint density at radius 1 is 1.30 bits per heavy atom. The first-order valence-electron chi connectivity index (χ1n) is 7.58. The van der Waals surface area contributed by atoms with E-state index in [1.165, 1.54) is 25.6 Å². The number of nitrogens with two attached hydrogens (primary N) is 1. The fraction of sp³-hybridized carbons (Fsp3) is 0.733. The summed E-state index contributed by atoms with van der Waals surface area (Å²) >= 11 is 0. The fourth-order valence-electron chi connectivity index (χ4n) is 2.22. The Morgan fingerprint density at radius 2 is 2.05 bits per heavy atom. The van der Waals surface area contributed by atoms with Gasteiger partial charge < -0.3 is 10.2 Å². The molecule has 0 radical (unpaired) electrons. The van der Waals surface area contributed by atoms with Crippen LogP contribution in [0.3, 0.4) is 0 Å². The molecular formula is C15H28N4O. The molecule has 1 atom stereocenters. The molecule has 0 aliphatic rings. The number of anilines is 1. The highest BCUT2D eigenvalue weighted by molar-refractivity contribution is 5.49. The standard InChI is InChI=1S/C15H28N4O/c1-5-7-8-12(6-2)9-20-15-13(11(3)4)14(19-16)17-10-18-15/h10-12H,5-9,16H2,1-4H3,(H,17,18,19). The minimum Gasteiger partial charge on any atom is -0.477 e. The van der Waals surface area contributed by atoms with Crippen molar-refractivity contribution < 1.29 is 4.74 Å². The van der Waals surface area contributed by atoms with Crippen LogP contribution in [0, 0.1) is 5.92 Å². The summed E-state index contributed by atoms with van der Waals surface area (Å²) in [6.07, 6.45) is 6.30. The van der Waals surface area contributed by atoms with Gasteiger partial charge in [0.1, 0.15) is 6.33 Å². The van der Waals surface area contributed by atoms with E-state index < -0.39 is 0 Å². The SMILES string of the molecule is CCCCC(CC)COc1ncnc(NN)c1C(C)C. The number of hydrazine groups is 1. The van der Waals surface area contributed by atoms with Gasteiger partial charge in [-0.25, -0.2) is 15.8 Å². The maximum atomic E-state index is 5.94. The average Bonchev–Trinajstić information content (AvgIpc) is 2.46. The smallest absolute Gasteiger partial charge is 0.222 e. The number of aromatic nitrogens is 2. The molecule has 1 aromatic rings. The zero-order valence-corrected chi connectivity index (χ0v) is 13.1. The Kier molecular flexibility index (Phi) is 7.30. The van der Waals surface area contributed by atoms with E-state index in [4.69, 9.17) is 10.6 Å². The second kappa shape index (κ2) is 8.74. The average molecular weight is 280 g/mol. The number of rotatable bonds is 9. The highest BCUT2D eigenvalue weighted by Crippen LogP contribution is 2.30. The molecule has 114 valence electrons. The molecule has 0 bridgehead atoms. The summed E-state index contributed by atoms with van der Waals surface area (Å²) in [5.41, 5.74) is 3.57. The summed E-state index contributed by atoms with van der Waals surface area (Å²) in [5.74, 6) is 7.65. The van der Waals surface area contributed by atoms with Gasteiger partial charge in [-0.05, 0) is 18.3 Å². The van der Waals surface area contributed by atoms with Crippen LogP contribution in [0.2, 0.25) is 0 Å². The first-order chi connectivity index (χ1) is 9.63. The molecule has 3 N–H and O–H groups in total. The van der Waals surface area contributed by atoms with Crippen molar-refractivity contribution in [2.24, 2.45) is 11.8 Å². The number of hydrogen-bond donors (Lipinski definition) is 2. The molecule has 0 amide bonds. The van der Waals surface area contributed by atoms with E-state index >= 15 is 0 Å².